The van der Waals surface area contributed by atoms with Crippen LogP contribution in [0.1, 0.15) is 59.9 Å². The summed E-state index contributed by atoms with van der Waals surface area (Å²) >= 11 is 0. The van der Waals surface area contributed by atoms with E-state index >= 15 is 0 Å². The lowest BCUT2D eigenvalue weighted by atomic mass is 9.95. The summed E-state index contributed by atoms with van der Waals surface area (Å²) < 4.78 is 2.01. The van der Waals surface area contributed by atoms with Gasteiger partial charge in [-0.1, -0.05) is 19.1 Å². The molecule has 2 aliphatic rings. The lowest BCUT2D eigenvalue weighted by Gasteiger charge is -2.41. The van der Waals surface area contributed by atoms with E-state index < -0.39 is 0 Å². The molecule has 5 nitrogen and oxygen atoms in total. The van der Waals surface area contributed by atoms with Gasteiger partial charge in [0, 0.05) is 36.9 Å². The average molecular weight is 395 g/mol. The number of hydrogen-bond donors (Lipinski definition) is 0. The molecule has 4 rings (SSSR count). The maximum absolute atomic E-state index is 13.0. The summed E-state index contributed by atoms with van der Waals surface area (Å²) in [5.41, 5.74) is 4.17. The Hall–Kier alpha value is -2.14. The van der Waals surface area contributed by atoms with Crippen molar-refractivity contribution < 1.29 is 4.79 Å². The van der Waals surface area contributed by atoms with Crippen molar-refractivity contribution in [3.05, 3.63) is 52.8 Å². The van der Waals surface area contributed by atoms with Crippen molar-refractivity contribution in [1.29, 1.82) is 0 Å². The van der Waals surface area contributed by atoms with Crippen LogP contribution in [0.3, 0.4) is 0 Å². The highest BCUT2D eigenvalue weighted by Crippen LogP contribution is 2.24. The van der Waals surface area contributed by atoms with Crippen LogP contribution < -0.4 is 0 Å². The van der Waals surface area contributed by atoms with Gasteiger partial charge in [-0.15, -0.1) is 0 Å². The van der Waals surface area contributed by atoms with Crippen LogP contribution in [0.5, 0.6) is 0 Å². The van der Waals surface area contributed by atoms with Crippen LogP contribution >= 0.6 is 0 Å². The molecule has 29 heavy (non-hydrogen) atoms. The zero-order chi connectivity index (χ0) is 20.4. The number of aryl methyl sites for hydroxylation is 2. The molecule has 1 atom stereocenters. The Bertz CT molecular complexity index is 833. The van der Waals surface area contributed by atoms with Crippen molar-refractivity contribution in [3.8, 4) is 0 Å². The number of amides is 1. The van der Waals surface area contributed by atoms with E-state index in [1.54, 1.807) is 0 Å². The molecule has 5 heteroatoms. The van der Waals surface area contributed by atoms with Gasteiger partial charge in [-0.3, -0.25) is 14.4 Å². The van der Waals surface area contributed by atoms with Crippen molar-refractivity contribution in [2.75, 3.05) is 26.2 Å². The highest BCUT2D eigenvalue weighted by atomic mass is 16.2. The molecule has 0 radical (unpaired) electrons. The minimum absolute atomic E-state index is 0.174. The molecular weight excluding hydrogens is 360 g/mol. The van der Waals surface area contributed by atoms with Gasteiger partial charge in [-0.25, -0.2) is 0 Å². The summed E-state index contributed by atoms with van der Waals surface area (Å²) in [7, 11) is 0. The van der Waals surface area contributed by atoms with Gasteiger partial charge in [0.25, 0.3) is 5.91 Å². The van der Waals surface area contributed by atoms with E-state index in [9.17, 15) is 4.79 Å². The van der Waals surface area contributed by atoms with Gasteiger partial charge in [0.2, 0.25) is 0 Å². The number of rotatable bonds is 4. The minimum Gasteiger partial charge on any atom is -0.339 e. The lowest BCUT2D eigenvalue weighted by Crippen LogP contribution is -2.49. The van der Waals surface area contributed by atoms with Gasteiger partial charge in [-0.2, -0.15) is 5.10 Å². The van der Waals surface area contributed by atoms with E-state index in [0.29, 0.717) is 6.04 Å². The van der Waals surface area contributed by atoms with Crippen LogP contribution in [0.25, 0.3) is 0 Å². The van der Waals surface area contributed by atoms with Gasteiger partial charge in [0.05, 0.1) is 12.2 Å². The number of carbonyl (C=O) groups is 1. The monoisotopic (exact) mass is 394 g/mol. The van der Waals surface area contributed by atoms with Gasteiger partial charge >= 0.3 is 0 Å². The summed E-state index contributed by atoms with van der Waals surface area (Å²) in [5.74, 6) is 0.990. The number of likely N-dealkylation sites (tertiary alicyclic amines) is 2. The Balaban J connectivity index is 1.32. The predicted molar refractivity (Wildman–Crippen MR) is 116 cm³/mol. The van der Waals surface area contributed by atoms with Crippen LogP contribution in [0.15, 0.2) is 30.3 Å². The van der Waals surface area contributed by atoms with Gasteiger partial charge < -0.3 is 4.90 Å². The fourth-order valence-electron chi connectivity index (χ4n) is 4.93. The largest absolute Gasteiger partial charge is 0.339 e. The van der Waals surface area contributed by atoms with E-state index in [-0.39, 0.29) is 5.91 Å². The van der Waals surface area contributed by atoms with E-state index in [1.165, 1.54) is 31.5 Å². The molecule has 0 saturated carbocycles. The standard InChI is InChI=1S/C24H34N4O/c1-18-5-4-12-27(16-18)23-10-13-26(14-11-23)24(29)22-8-6-21(7-9-22)17-28-20(3)15-19(2)25-28/h6-9,15,18,23H,4-5,10-14,16-17H2,1-3H3. The Morgan fingerprint density at radius 2 is 1.79 bits per heavy atom. The van der Waals surface area contributed by atoms with Crippen molar-refractivity contribution >= 4 is 5.91 Å². The molecule has 0 N–H and O–H groups in total. The van der Waals surface area contributed by atoms with E-state index in [1.807, 2.05) is 28.6 Å². The highest BCUT2D eigenvalue weighted by molar-refractivity contribution is 5.94. The summed E-state index contributed by atoms with van der Waals surface area (Å²) in [6.45, 7) is 11.4. The summed E-state index contributed by atoms with van der Waals surface area (Å²) in [6.07, 6.45) is 4.90. The smallest absolute Gasteiger partial charge is 0.253 e. The van der Waals surface area contributed by atoms with Crippen molar-refractivity contribution in [1.82, 2.24) is 19.6 Å². The predicted octanol–water partition coefficient (Wildman–Crippen LogP) is 3.88. The van der Waals surface area contributed by atoms with Crippen LogP contribution in [0.4, 0.5) is 0 Å². The third-order valence-electron chi connectivity index (χ3n) is 6.59. The Morgan fingerprint density at radius 3 is 2.41 bits per heavy atom. The van der Waals surface area contributed by atoms with Gasteiger partial charge in [-0.05, 0) is 75.8 Å². The van der Waals surface area contributed by atoms with Crippen molar-refractivity contribution in [2.45, 2.75) is 59.0 Å². The number of hydrogen-bond acceptors (Lipinski definition) is 3. The molecule has 2 saturated heterocycles. The first kappa shape index (κ1) is 20.1. The first-order chi connectivity index (χ1) is 14.0. The second-order valence-corrected chi connectivity index (χ2v) is 9.05. The Morgan fingerprint density at radius 1 is 1.07 bits per heavy atom. The first-order valence-electron chi connectivity index (χ1n) is 11.1. The lowest BCUT2D eigenvalue weighted by molar-refractivity contribution is 0.0542. The molecule has 1 aromatic heterocycles. The van der Waals surface area contributed by atoms with Crippen molar-refractivity contribution in [3.63, 3.8) is 0 Å². The maximum atomic E-state index is 13.0. The second-order valence-electron chi connectivity index (χ2n) is 9.05. The van der Waals surface area contributed by atoms with Crippen LogP contribution in [-0.2, 0) is 6.54 Å². The molecule has 1 unspecified atom stereocenters. The molecule has 0 aliphatic carbocycles. The molecule has 0 spiro atoms. The first-order valence-corrected chi connectivity index (χ1v) is 11.1. The Labute approximate surface area is 174 Å². The highest BCUT2D eigenvalue weighted by Gasteiger charge is 2.29. The number of nitrogens with zero attached hydrogens (tertiary/aromatic N) is 4. The molecule has 2 aromatic rings. The second kappa shape index (κ2) is 8.70. The fourth-order valence-corrected chi connectivity index (χ4v) is 4.93. The molecule has 2 aliphatic heterocycles. The van der Waals surface area contributed by atoms with E-state index in [0.717, 1.165) is 55.3 Å². The molecule has 0 bridgehead atoms. The third kappa shape index (κ3) is 4.72. The number of piperidine rings is 2. The summed E-state index contributed by atoms with van der Waals surface area (Å²) in [5, 5.41) is 4.52. The minimum atomic E-state index is 0.174. The Kier molecular flexibility index (Phi) is 6.04. The fraction of sp³-hybridized carbons (Fsp3) is 0.583. The van der Waals surface area contributed by atoms with Crippen molar-refractivity contribution in [2.24, 2.45) is 5.92 Å². The van der Waals surface area contributed by atoms with E-state index in [4.69, 9.17) is 0 Å². The number of carbonyl (C=O) groups excluding carboxylic acids is 1. The molecule has 156 valence electrons. The summed E-state index contributed by atoms with van der Waals surface area (Å²) in [4.78, 5) is 17.7. The maximum Gasteiger partial charge on any atom is 0.253 e. The zero-order valence-electron chi connectivity index (χ0n) is 18.1. The molecule has 1 amide bonds. The van der Waals surface area contributed by atoms with Crippen LogP contribution in [0, 0.1) is 19.8 Å². The SMILES string of the molecule is Cc1cc(C)n(Cc2ccc(C(=O)N3CCC(N4CCCC(C)C4)CC3)cc2)n1. The zero-order valence-corrected chi connectivity index (χ0v) is 18.1. The molecule has 2 fully saturated rings. The van der Waals surface area contributed by atoms with Gasteiger partial charge in [0.15, 0.2) is 0 Å². The molecule has 3 heterocycles. The average Bonchev–Trinajstić information content (AvgIpc) is 3.05. The summed E-state index contributed by atoms with van der Waals surface area (Å²) in [6, 6.07) is 10.8. The van der Waals surface area contributed by atoms with Gasteiger partial charge in [0.1, 0.15) is 0 Å². The topological polar surface area (TPSA) is 41.4 Å². The van der Waals surface area contributed by atoms with Crippen LogP contribution in [-0.4, -0.2) is 57.7 Å². The molecule has 1 aromatic carbocycles. The number of benzene rings is 1. The number of aromatic nitrogens is 2. The van der Waals surface area contributed by atoms with E-state index in [2.05, 4.69) is 42.0 Å². The van der Waals surface area contributed by atoms with Crippen LogP contribution in [0.2, 0.25) is 0 Å². The normalized spacial score (nSPS) is 21.5. The quantitative estimate of drug-likeness (QED) is 0.790. The third-order valence-corrected chi connectivity index (χ3v) is 6.59. The molecular formula is C24H34N4O.